The molecule has 1 heterocycles. The molecule has 0 saturated heterocycles. The number of nitrogens with zero attached hydrogens (tertiary/aromatic N) is 1. The first kappa shape index (κ1) is 16.9. The largest absolute Gasteiger partial charge is 0.480 e. The van der Waals surface area contributed by atoms with Crippen molar-refractivity contribution in [2.24, 2.45) is 5.73 Å². The monoisotopic (exact) mass is 272 g/mol. The molecule has 3 N–H and O–H groups in total. The van der Waals surface area contributed by atoms with E-state index in [0.29, 0.717) is 10.7 Å². The topological polar surface area (TPSA) is 76.2 Å². The summed E-state index contributed by atoms with van der Waals surface area (Å²) >= 11 is 5.60. The standard InChI is InChI=1S/C8H9ClN2O2.2ClH/c9-5-1-2-6(11-4-5)3-7(10)8(12)13;;/h1-2,4,7H,3,10H2,(H,12,13);2*1H. The summed E-state index contributed by atoms with van der Waals surface area (Å²) in [4.78, 5) is 14.3. The number of pyridine rings is 1. The number of aliphatic carboxylic acids is 1. The molecule has 86 valence electrons. The van der Waals surface area contributed by atoms with Gasteiger partial charge in [-0.1, -0.05) is 11.6 Å². The first-order valence-corrected chi connectivity index (χ1v) is 4.06. The SMILES string of the molecule is Cl.Cl.NC(Cc1ccc(Cl)cn1)C(=O)O. The van der Waals surface area contributed by atoms with Crippen LogP contribution in [0.2, 0.25) is 5.02 Å². The summed E-state index contributed by atoms with van der Waals surface area (Å²) in [5, 5.41) is 9.04. The zero-order valence-corrected chi connectivity index (χ0v) is 9.98. The summed E-state index contributed by atoms with van der Waals surface area (Å²) in [6, 6.07) is 2.40. The van der Waals surface area contributed by atoms with Crippen molar-refractivity contribution in [3.05, 3.63) is 29.0 Å². The Morgan fingerprint density at radius 3 is 2.53 bits per heavy atom. The molecule has 0 radical (unpaired) electrons. The van der Waals surface area contributed by atoms with Crippen molar-refractivity contribution in [3.8, 4) is 0 Å². The van der Waals surface area contributed by atoms with Gasteiger partial charge in [-0.2, -0.15) is 0 Å². The molecule has 1 aromatic heterocycles. The van der Waals surface area contributed by atoms with Gasteiger partial charge in [0.2, 0.25) is 0 Å². The van der Waals surface area contributed by atoms with Crippen LogP contribution < -0.4 is 5.73 Å². The highest BCUT2D eigenvalue weighted by atomic mass is 35.5. The van der Waals surface area contributed by atoms with E-state index in [9.17, 15) is 4.79 Å². The van der Waals surface area contributed by atoms with E-state index in [-0.39, 0.29) is 31.2 Å². The Labute approximate surface area is 105 Å². The van der Waals surface area contributed by atoms with Gasteiger partial charge in [-0.15, -0.1) is 24.8 Å². The van der Waals surface area contributed by atoms with E-state index < -0.39 is 12.0 Å². The lowest BCUT2D eigenvalue weighted by Crippen LogP contribution is -2.32. The van der Waals surface area contributed by atoms with Crippen molar-refractivity contribution in [2.75, 3.05) is 0 Å². The van der Waals surface area contributed by atoms with Crippen LogP contribution in [0.15, 0.2) is 18.3 Å². The quantitative estimate of drug-likeness (QED) is 0.876. The third kappa shape index (κ3) is 5.79. The van der Waals surface area contributed by atoms with Crippen molar-refractivity contribution < 1.29 is 9.90 Å². The second kappa shape index (κ2) is 7.70. The van der Waals surface area contributed by atoms with Crippen molar-refractivity contribution in [1.29, 1.82) is 0 Å². The summed E-state index contributed by atoms with van der Waals surface area (Å²) < 4.78 is 0. The molecule has 0 fully saturated rings. The lowest BCUT2D eigenvalue weighted by molar-refractivity contribution is -0.138. The van der Waals surface area contributed by atoms with Gasteiger partial charge in [-0.05, 0) is 12.1 Å². The zero-order chi connectivity index (χ0) is 9.84. The fraction of sp³-hybridized carbons (Fsp3) is 0.250. The van der Waals surface area contributed by atoms with E-state index in [2.05, 4.69) is 4.98 Å². The number of carboxylic acids is 1. The average molecular weight is 274 g/mol. The molecular formula is C8H11Cl3N2O2. The third-order valence-corrected chi connectivity index (χ3v) is 1.76. The van der Waals surface area contributed by atoms with E-state index >= 15 is 0 Å². The molecule has 0 spiro atoms. The van der Waals surface area contributed by atoms with E-state index in [1.165, 1.54) is 6.20 Å². The Hall–Kier alpha value is -0.550. The van der Waals surface area contributed by atoms with Crippen molar-refractivity contribution in [2.45, 2.75) is 12.5 Å². The van der Waals surface area contributed by atoms with E-state index in [4.69, 9.17) is 22.4 Å². The van der Waals surface area contributed by atoms with Crippen LogP contribution in [-0.4, -0.2) is 22.1 Å². The molecule has 0 aliphatic rings. The van der Waals surface area contributed by atoms with Crippen LogP contribution >= 0.6 is 36.4 Å². The molecular weight excluding hydrogens is 262 g/mol. The highest BCUT2D eigenvalue weighted by Gasteiger charge is 2.12. The fourth-order valence-electron chi connectivity index (χ4n) is 0.840. The van der Waals surface area contributed by atoms with Crippen LogP contribution in [0.5, 0.6) is 0 Å². The number of rotatable bonds is 3. The maximum absolute atomic E-state index is 10.4. The van der Waals surface area contributed by atoms with E-state index in [1.54, 1.807) is 12.1 Å². The van der Waals surface area contributed by atoms with Gasteiger partial charge in [-0.3, -0.25) is 9.78 Å². The second-order valence-electron chi connectivity index (χ2n) is 2.62. The fourth-order valence-corrected chi connectivity index (χ4v) is 0.952. The maximum atomic E-state index is 10.4. The third-order valence-electron chi connectivity index (χ3n) is 1.53. The first-order valence-electron chi connectivity index (χ1n) is 3.68. The van der Waals surface area contributed by atoms with Gasteiger partial charge < -0.3 is 10.8 Å². The van der Waals surface area contributed by atoms with Crippen LogP contribution in [0.1, 0.15) is 5.69 Å². The first-order chi connectivity index (χ1) is 6.09. The lowest BCUT2D eigenvalue weighted by atomic mass is 10.1. The molecule has 4 nitrogen and oxygen atoms in total. The summed E-state index contributed by atoms with van der Waals surface area (Å²) in [5.74, 6) is -1.03. The Kier molecular flexibility index (Phi) is 8.66. The number of hydrogen-bond acceptors (Lipinski definition) is 3. The molecule has 15 heavy (non-hydrogen) atoms. The highest BCUT2D eigenvalue weighted by molar-refractivity contribution is 6.30. The Bertz CT molecular complexity index is 305. The van der Waals surface area contributed by atoms with Crippen LogP contribution in [-0.2, 0) is 11.2 Å². The number of carbonyl (C=O) groups is 1. The number of nitrogens with two attached hydrogens (primary N) is 1. The van der Waals surface area contributed by atoms with Gasteiger partial charge in [0.1, 0.15) is 6.04 Å². The number of hydrogen-bond donors (Lipinski definition) is 2. The number of halogens is 3. The van der Waals surface area contributed by atoms with Crippen LogP contribution in [0.25, 0.3) is 0 Å². The average Bonchev–Trinajstić information content (AvgIpc) is 2.08. The molecule has 0 aromatic carbocycles. The highest BCUT2D eigenvalue weighted by Crippen LogP contribution is 2.07. The Morgan fingerprint density at radius 1 is 1.53 bits per heavy atom. The molecule has 0 aliphatic carbocycles. The van der Waals surface area contributed by atoms with Crippen molar-refractivity contribution in [1.82, 2.24) is 4.98 Å². The second-order valence-corrected chi connectivity index (χ2v) is 3.05. The zero-order valence-electron chi connectivity index (χ0n) is 7.59. The van der Waals surface area contributed by atoms with Crippen molar-refractivity contribution in [3.63, 3.8) is 0 Å². The van der Waals surface area contributed by atoms with Gasteiger partial charge in [-0.25, -0.2) is 0 Å². The summed E-state index contributed by atoms with van der Waals surface area (Å²) in [7, 11) is 0. The molecule has 1 atom stereocenters. The molecule has 0 aliphatic heterocycles. The Balaban J connectivity index is 0. The van der Waals surface area contributed by atoms with Gasteiger partial charge in [0.15, 0.2) is 0 Å². The normalized spacial score (nSPS) is 10.8. The van der Waals surface area contributed by atoms with E-state index in [0.717, 1.165) is 0 Å². The molecule has 1 rings (SSSR count). The molecule has 0 bridgehead atoms. The molecule has 0 saturated carbocycles. The van der Waals surface area contributed by atoms with E-state index in [1.807, 2.05) is 0 Å². The van der Waals surface area contributed by atoms with Crippen LogP contribution in [0.3, 0.4) is 0 Å². The van der Waals surface area contributed by atoms with Gasteiger partial charge in [0.05, 0.1) is 5.02 Å². The smallest absolute Gasteiger partial charge is 0.320 e. The number of aromatic nitrogens is 1. The predicted octanol–water partition coefficient (Wildman–Crippen LogP) is 1.53. The molecule has 1 unspecified atom stereocenters. The number of carboxylic acid groups (broad SMARTS) is 1. The molecule has 1 aromatic rings. The van der Waals surface area contributed by atoms with Gasteiger partial charge >= 0.3 is 5.97 Å². The van der Waals surface area contributed by atoms with Crippen LogP contribution in [0, 0.1) is 0 Å². The summed E-state index contributed by atoms with van der Waals surface area (Å²) in [6.45, 7) is 0. The summed E-state index contributed by atoms with van der Waals surface area (Å²) in [5.41, 5.74) is 5.94. The summed E-state index contributed by atoms with van der Waals surface area (Å²) in [6.07, 6.45) is 1.68. The minimum Gasteiger partial charge on any atom is -0.480 e. The minimum absolute atomic E-state index is 0. The molecule has 7 heteroatoms. The van der Waals surface area contributed by atoms with Crippen LogP contribution in [0.4, 0.5) is 0 Å². The minimum atomic E-state index is -1.03. The van der Waals surface area contributed by atoms with Gasteiger partial charge in [0.25, 0.3) is 0 Å². The maximum Gasteiger partial charge on any atom is 0.320 e. The Morgan fingerprint density at radius 2 is 2.13 bits per heavy atom. The molecule has 0 amide bonds. The lowest BCUT2D eigenvalue weighted by Gasteiger charge is -2.04. The van der Waals surface area contributed by atoms with Crippen molar-refractivity contribution >= 4 is 42.4 Å². The van der Waals surface area contributed by atoms with Gasteiger partial charge in [0, 0.05) is 18.3 Å². The predicted molar refractivity (Wildman–Crippen MR) is 63.1 cm³/mol.